The van der Waals surface area contributed by atoms with Crippen molar-refractivity contribution in [1.29, 1.82) is 0 Å². The molecule has 0 bridgehead atoms. The summed E-state index contributed by atoms with van der Waals surface area (Å²) >= 11 is 6.14. The maximum absolute atomic E-state index is 12.3. The molecular formula is C16H16ClNO3. The van der Waals surface area contributed by atoms with Gasteiger partial charge >= 0.3 is 0 Å². The van der Waals surface area contributed by atoms with Crippen LogP contribution in [0.3, 0.4) is 0 Å². The van der Waals surface area contributed by atoms with E-state index >= 15 is 0 Å². The van der Waals surface area contributed by atoms with Crippen molar-refractivity contribution >= 4 is 17.9 Å². The average molecular weight is 306 g/mol. The number of pyridine rings is 1. The molecule has 2 rings (SSSR count). The molecule has 0 N–H and O–H groups in total. The summed E-state index contributed by atoms with van der Waals surface area (Å²) in [6.07, 6.45) is 0.575. The minimum Gasteiger partial charge on any atom is -0.495 e. The van der Waals surface area contributed by atoms with Gasteiger partial charge in [0, 0.05) is 6.04 Å². The second-order valence-electron chi connectivity index (χ2n) is 4.91. The van der Waals surface area contributed by atoms with Gasteiger partial charge in [-0.25, -0.2) is 0 Å². The number of methoxy groups -OCH3 is 1. The van der Waals surface area contributed by atoms with Gasteiger partial charge in [0.25, 0.3) is 5.56 Å². The third-order valence-electron chi connectivity index (χ3n) is 3.24. The van der Waals surface area contributed by atoms with Crippen LogP contribution in [0, 0.1) is 0 Å². The number of rotatable bonds is 4. The standard InChI is InChI=1S/C16H16ClNO3/c1-10(2)18-14(6-4-12(9-19)16(18)20)11-5-7-15(21-3)13(17)8-11/h4-10H,1-3H3. The molecule has 0 amide bonds. The van der Waals surface area contributed by atoms with Crippen molar-refractivity contribution in [2.24, 2.45) is 0 Å². The van der Waals surface area contributed by atoms with Crippen LogP contribution in [0.4, 0.5) is 0 Å². The van der Waals surface area contributed by atoms with Crippen LogP contribution in [0.2, 0.25) is 5.02 Å². The van der Waals surface area contributed by atoms with Crippen LogP contribution in [0.5, 0.6) is 5.75 Å². The largest absolute Gasteiger partial charge is 0.495 e. The molecule has 1 aromatic carbocycles. The van der Waals surface area contributed by atoms with Crippen LogP contribution in [0.25, 0.3) is 11.3 Å². The van der Waals surface area contributed by atoms with Crippen molar-refractivity contribution in [3.05, 3.63) is 51.3 Å². The topological polar surface area (TPSA) is 48.3 Å². The lowest BCUT2D eigenvalue weighted by molar-refractivity contribution is 0.112. The van der Waals surface area contributed by atoms with E-state index in [0.717, 1.165) is 5.56 Å². The van der Waals surface area contributed by atoms with Gasteiger partial charge in [0.15, 0.2) is 6.29 Å². The van der Waals surface area contributed by atoms with Crippen molar-refractivity contribution in [2.45, 2.75) is 19.9 Å². The lowest BCUT2D eigenvalue weighted by atomic mass is 10.1. The Morgan fingerprint density at radius 2 is 1.95 bits per heavy atom. The number of hydrogen-bond acceptors (Lipinski definition) is 3. The third-order valence-corrected chi connectivity index (χ3v) is 3.53. The second kappa shape index (κ2) is 6.14. The zero-order valence-electron chi connectivity index (χ0n) is 12.1. The van der Waals surface area contributed by atoms with Gasteiger partial charge in [-0.05, 0) is 49.7 Å². The van der Waals surface area contributed by atoms with Crippen LogP contribution >= 0.6 is 11.6 Å². The Balaban J connectivity index is 2.69. The Hall–Kier alpha value is -2.07. The average Bonchev–Trinajstić information content (AvgIpc) is 2.46. The van der Waals surface area contributed by atoms with Gasteiger partial charge < -0.3 is 9.30 Å². The molecule has 4 nitrogen and oxygen atoms in total. The fraction of sp³-hybridized carbons (Fsp3) is 0.250. The van der Waals surface area contributed by atoms with E-state index in [2.05, 4.69) is 0 Å². The van der Waals surface area contributed by atoms with Crippen molar-refractivity contribution in [3.63, 3.8) is 0 Å². The molecule has 0 radical (unpaired) electrons. The van der Waals surface area contributed by atoms with E-state index in [4.69, 9.17) is 16.3 Å². The van der Waals surface area contributed by atoms with Gasteiger partial charge in [-0.3, -0.25) is 9.59 Å². The van der Waals surface area contributed by atoms with Crippen LogP contribution in [0.15, 0.2) is 35.1 Å². The molecule has 0 spiro atoms. The van der Waals surface area contributed by atoms with E-state index in [1.54, 1.807) is 29.9 Å². The zero-order valence-corrected chi connectivity index (χ0v) is 12.8. The van der Waals surface area contributed by atoms with Crippen LogP contribution in [0.1, 0.15) is 30.2 Å². The molecule has 0 fully saturated rings. The Morgan fingerprint density at radius 1 is 1.24 bits per heavy atom. The zero-order chi connectivity index (χ0) is 15.6. The molecule has 0 unspecified atom stereocenters. The third kappa shape index (κ3) is 2.85. The second-order valence-corrected chi connectivity index (χ2v) is 5.32. The van der Waals surface area contributed by atoms with E-state index in [9.17, 15) is 9.59 Å². The SMILES string of the molecule is COc1ccc(-c2ccc(C=O)c(=O)n2C(C)C)cc1Cl. The number of ether oxygens (including phenoxy) is 1. The van der Waals surface area contributed by atoms with E-state index < -0.39 is 0 Å². The number of halogens is 1. The maximum Gasteiger partial charge on any atom is 0.261 e. The maximum atomic E-state index is 12.3. The summed E-state index contributed by atoms with van der Waals surface area (Å²) in [4.78, 5) is 23.3. The van der Waals surface area contributed by atoms with E-state index in [1.165, 1.54) is 6.07 Å². The van der Waals surface area contributed by atoms with Gasteiger partial charge in [0.2, 0.25) is 0 Å². The molecule has 1 aromatic heterocycles. The molecule has 5 heteroatoms. The van der Waals surface area contributed by atoms with Gasteiger partial charge in [0.05, 0.1) is 23.4 Å². The first-order chi connectivity index (χ1) is 9.99. The minimum atomic E-state index is -0.301. The molecule has 0 saturated heterocycles. The number of hydrogen-bond donors (Lipinski definition) is 0. The fourth-order valence-electron chi connectivity index (χ4n) is 2.23. The predicted molar refractivity (Wildman–Crippen MR) is 83.5 cm³/mol. The van der Waals surface area contributed by atoms with Crippen LogP contribution in [-0.4, -0.2) is 18.0 Å². The molecule has 0 saturated carbocycles. The summed E-state index contributed by atoms with van der Waals surface area (Å²) in [5.74, 6) is 0.573. The van der Waals surface area contributed by atoms with Gasteiger partial charge in [-0.15, -0.1) is 0 Å². The highest BCUT2D eigenvalue weighted by molar-refractivity contribution is 6.32. The lowest BCUT2D eigenvalue weighted by Gasteiger charge is -2.17. The highest BCUT2D eigenvalue weighted by atomic mass is 35.5. The quantitative estimate of drug-likeness (QED) is 0.811. The van der Waals surface area contributed by atoms with Crippen LogP contribution < -0.4 is 10.3 Å². The summed E-state index contributed by atoms with van der Waals surface area (Å²) in [6, 6.07) is 8.53. The number of nitrogens with zero attached hydrogens (tertiary/aromatic N) is 1. The molecular weight excluding hydrogens is 290 g/mol. The molecule has 2 aromatic rings. The Bertz CT molecular complexity index is 735. The summed E-state index contributed by atoms with van der Waals surface area (Å²) < 4.78 is 6.71. The summed E-state index contributed by atoms with van der Waals surface area (Å²) in [5, 5.41) is 0.470. The van der Waals surface area contributed by atoms with Crippen LogP contribution in [-0.2, 0) is 0 Å². The van der Waals surface area contributed by atoms with Crippen molar-refractivity contribution < 1.29 is 9.53 Å². The molecule has 0 aliphatic heterocycles. The fourth-order valence-corrected chi connectivity index (χ4v) is 2.49. The Labute approximate surface area is 127 Å². The molecule has 110 valence electrons. The smallest absolute Gasteiger partial charge is 0.261 e. The summed E-state index contributed by atoms with van der Waals surface area (Å²) in [6.45, 7) is 3.79. The molecule has 1 heterocycles. The normalized spacial score (nSPS) is 10.7. The first-order valence-corrected chi connectivity index (χ1v) is 6.92. The highest BCUT2D eigenvalue weighted by Crippen LogP contribution is 2.30. The molecule has 0 aliphatic rings. The molecule has 0 aliphatic carbocycles. The minimum absolute atomic E-state index is 0.0757. The molecule has 21 heavy (non-hydrogen) atoms. The van der Waals surface area contributed by atoms with Crippen molar-refractivity contribution in [1.82, 2.24) is 4.57 Å². The van der Waals surface area contributed by atoms with Gasteiger partial charge in [-0.2, -0.15) is 0 Å². The monoisotopic (exact) mass is 305 g/mol. The summed E-state index contributed by atoms with van der Waals surface area (Å²) in [5.41, 5.74) is 1.35. The number of carbonyl (C=O) groups excluding carboxylic acids is 1. The van der Waals surface area contributed by atoms with E-state index in [-0.39, 0.29) is 17.2 Å². The predicted octanol–water partition coefficient (Wildman–Crippen LogP) is 3.57. The Morgan fingerprint density at radius 3 is 2.48 bits per heavy atom. The lowest BCUT2D eigenvalue weighted by Crippen LogP contribution is -2.26. The first kappa shape index (κ1) is 15.3. The van der Waals surface area contributed by atoms with E-state index in [1.807, 2.05) is 19.9 Å². The highest BCUT2D eigenvalue weighted by Gasteiger charge is 2.14. The number of aromatic nitrogens is 1. The molecule has 0 atom stereocenters. The van der Waals surface area contributed by atoms with E-state index in [0.29, 0.717) is 22.8 Å². The summed E-state index contributed by atoms with van der Waals surface area (Å²) in [7, 11) is 1.55. The number of benzene rings is 1. The van der Waals surface area contributed by atoms with Gasteiger partial charge in [0.1, 0.15) is 5.75 Å². The Kier molecular flexibility index (Phi) is 4.48. The number of aldehydes is 1. The number of carbonyl (C=O) groups is 1. The first-order valence-electron chi connectivity index (χ1n) is 6.54. The van der Waals surface area contributed by atoms with Crippen molar-refractivity contribution in [2.75, 3.05) is 7.11 Å². The van der Waals surface area contributed by atoms with Crippen molar-refractivity contribution in [3.8, 4) is 17.0 Å². The van der Waals surface area contributed by atoms with Gasteiger partial charge in [-0.1, -0.05) is 11.6 Å².